The fourth-order valence-corrected chi connectivity index (χ4v) is 5.65. The van der Waals surface area contributed by atoms with E-state index in [2.05, 4.69) is 5.32 Å². The van der Waals surface area contributed by atoms with Crippen molar-refractivity contribution in [1.82, 2.24) is 9.62 Å². The van der Waals surface area contributed by atoms with Gasteiger partial charge < -0.3 is 5.32 Å². The highest BCUT2D eigenvalue weighted by atomic mass is 32.2. The lowest BCUT2D eigenvalue weighted by molar-refractivity contribution is 0.0940. The summed E-state index contributed by atoms with van der Waals surface area (Å²) in [4.78, 5) is 13.2. The van der Waals surface area contributed by atoms with Gasteiger partial charge in [0.05, 0.1) is 10.9 Å². The molecule has 1 heterocycles. The first-order valence-corrected chi connectivity index (χ1v) is 12.9. The van der Waals surface area contributed by atoms with Crippen LogP contribution in [-0.4, -0.2) is 31.7 Å². The zero-order chi connectivity index (χ0) is 23.4. The number of amides is 1. The number of carbonyl (C=O) groups is 1. The maximum absolute atomic E-state index is 12.9. The maximum atomic E-state index is 12.9. The number of carbonyl (C=O) groups excluding carboxylic acids is 1. The molecule has 0 radical (unpaired) electrons. The third-order valence-electron chi connectivity index (χ3n) is 6.19. The summed E-state index contributed by atoms with van der Waals surface area (Å²) >= 11 is 0. The highest BCUT2D eigenvalue weighted by molar-refractivity contribution is 7.89. The predicted octanol–water partition coefficient (Wildman–Crippen LogP) is 5.33. The largest absolute Gasteiger partial charge is 0.346 e. The van der Waals surface area contributed by atoms with Crippen LogP contribution in [0, 0.1) is 6.92 Å². The first kappa shape index (κ1) is 23.2. The fourth-order valence-electron chi connectivity index (χ4n) is 4.13. The number of nitrogens with one attached hydrogen (secondary N) is 1. The summed E-state index contributed by atoms with van der Waals surface area (Å²) in [7, 11) is -3.46. The summed E-state index contributed by atoms with van der Waals surface area (Å²) in [5.74, 6) is -0.144. The number of aryl methyl sites for hydroxylation is 1. The minimum Gasteiger partial charge on any atom is -0.346 e. The van der Waals surface area contributed by atoms with Gasteiger partial charge in [0.15, 0.2) is 0 Å². The Labute approximate surface area is 196 Å². The zero-order valence-corrected chi connectivity index (χ0v) is 19.9. The summed E-state index contributed by atoms with van der Waals surface area (Å²) in [6, 6.07) is 22.3. The first-order valence-electron chi connectivity index (χ1n) is 11.4. The zero-order valence-electron chi connectivity index (χ0n) is 19.1. The normalized spacial score (nSPS) is 15.7. The number of nitrogens with zero attached hydrogens (tertiary/aromatic N) is 1. The van der Waals surface area contributed by atoms with Crippen LogP contribution in [0.1, 0.15) is 53.7 Å². The van der Waals surface area contributed by atoms with Crippen LogP contribution in [0.25, 0.3) is 11.1 Å². The van der Waals surface area contributed by atoms with Crippen molar-refractivity contribution in [3.8, 4) is 11.1 Å². The SMILES string of the molecule is Cc1ccc(C(C)NC(=O)c2cccc(-c3ccc(S(=O)(=O)N4CCCCC4)cc3)c2)cc1. The minimum absolute atomic E-state index is 0.110. The molecule has 5 nitrogen and oxygen atoms in total. The van der Waals surface area contributed by atoms with Gasteiger partial charge in [0.2, 0.25) is 10.0 Å². The summed E-state index contributed by atoms with van der Waals surface area (Å²) < 4.78 is 27.4. The summed E-state index contributed by atoms with van der Waals surface area (Å²) in [5.41, 5.74) is 4.54. The standard InChI is InChI=1S/C27H30N2O3S/c1-20-9-11-22(12-10-20)21(2)28-27(30)25-8-6-7-24(19-25)23-13-15-26(16-14-23)33(31,32)29-17-4-3-5-18-29/h6-16,19,21H,3-5,17-18H2,1-2H3,(H,28,30). The lowest BCUT2D eigenvalue weighted by Crippen LogP contribution is -2.35. The van der Waals surface area contributed by atoms with Crippen LogP contribution < -0.4 is 5.32 Å². The third-order valence-corrected chi connectivity index (χ3v) is 8.10. The van der Waals surface area contributed by atoms with Crippen LogP contribution in [0.2, 0.25) is 0 Å². The molecule has 172 valence electrons. The molecule has 1 unspecified atom stereocenters. The van der Waals surface area contributed by atoms with Gasteiger partial charge in [0, 0.05) is 18.7 Å². The van der Waals surface area contributed by atoms with E-state index in [1.165, 1.54) is 5.56 Å². The van der Waals surface area contributed by atoms with Gasteiger partial charge in [0.25, 0.3) is 5.91 Å². The van der Waals surface area contributed by atoms with Gasteiger partial charge in [-0.05, 0) is 67.6 Å². The van der Waals surface area contributed by atoms with E-state index in [1.807, 2.05) is 68.4 Å². The number of hydrogen-bond acceptors (Lipinski definition) is 3. The van der Waals surface area contributed by atoms with Crippen LogP contribution in [0.5, 0.6) is 0 Å². The van der Waals surface area contributed by atoms with Crippen molar-refractivity contribution < 1.29 is 13.2 Å². The number of benzene rings is 3. The number of piperidine rings is 1. The molecule has 6 heteroatoms. The van der Waals surface area contributed by atoms with Crippen LogP contribution in [0.3, 0.4) is 0 Å². The molecule has 0 aliphatic carbocycles. The second-order valence-corrected chi connectivity index (χ2v) is 10.6. The molecule has 3 aromatic carbocycles. The topological polar surface area (TPSA) is 66.5 Å². The molecule has 0 saturated carbocycles. The van der Waals surface area contributed by atoms with E-state index in [1.54, 1.807) is 22.5 Å². The molecule has 4 rings (SSSR count). The van der Waals surface area contributed by atoms with Crippen LogP contribution in [-0.2, 0) is 10.0 Å². The van der Waals surface area contributed by atoms with E-state index < -0.39 is 10.0 Å². The lowest BCUT2D eigenvalue weighted by Gasteiger charge is -2.25. The molecule has 0 spiro atoms. The Hall–Kier alpha value is -2.96. The van der Waals surface area contributed by atoms with Gasteiger partial charge in [-0.25, -0.2) is 8.42 Å². The van der Waals surface area contributed by atoms with Crippen molar-refractivity contribution >= 4 is 15.9 Å². The third kappa shape index (κ3) is 5.34. The van der Waals surface area contributed by atoms with E-state index in [0.717, 1.165) is 36.0 Å². The van der Waals surface area contributed by atoms with E-state index in [4.69, 9.17) is 0 Å². The van der Waals surface area contributed by atoms with Crippen molar-refractivity contribution in [2.45, 2.75) is 44.0 Å². The Bertz CT molecular complexity index is 1210. The van der Waals surface area contributed by atoms with Crippen LogP contribution in [0.4, 0.5) is 0 Å². The summed E-state index contributed by atoms with van der Waals surface area (Å²) in [5, 5.41) is 3.05. The molecule has 33 heavy (non-hydrogen) atoms. The molecule has 0 aromatic heterocycles. The Morgan fingerprint density at radius 1 is 0.879 bits per heavy atom. The Morgan fingerprint density at radius 3 is 2.21 bits per heavy atom. The molecular formula is C27H30N2O3S. The van der Waals surface area contributed by atoms with Crippen molar-refractivity contribution in [2.75, 3.05) is 13.1 Å². The molecule has 1 saturated heterocycles. The van der Waals surface area contributed by atoms with Gasteiger partial charge in [-0.15, -0.1) is 0 Å². The highest BCUT2D eigenvalue weighted by Gasteiger charge is 2.25. The van der Waals surface area contributed by atoms with Gasteiger partial charge in [-0.2, -0.15) is 4.31 Å². The molecular weight excluding hydrogens is 432 g/mol. The lowest BCUT2D eigenvalue weighted by atomic mass is 10.0. The Kier molecular flexibility index (Phi) is 6.96. The summed E-state index contributed by atoms with van der Waals surface area (Å²) in [6.07, 6.45) is 2.90. The molecule has 1 atom stereocenters. The smallest absolute Gasteiger partial charge is 0.251 e. The van der Waals surface area contributed by atoms with E-state index in [0.29, 0.717) is 23.5 Å². The van der Waals surface area contributed by atoms with Gasteiger partial charge in [-0.3, -0.25) is 4.79 Å². The van der Waals surface area contributed by atoms with Crippen molar-refractivity contribution in [1.29, 1.82) is 0 Å². The predicted molar refractivity (Wildman–Crippen MR) is 132 cm³/mol. The Morgan fingerprint density at radius 2 is 1.55 bits per heavy atom. The average Bonchev–Trinajstić information content (AvgIpc) is 2.85. The second-order valence-electron chi connectivity index (χ2n) is 8.68. The van der Waals surface area contributed by atoms with Crippen molar-refractivity contribution in [2.24, 2.45) is 0 Å². The van der Waals surface area contributed by atoms with Gasteiger partial charge in [-0.1, -0.05) is 60.5 Å². The molecule has 1 aliphatic rings. The van der Waals surface area contributed by atoms with Crippen LogP contribution >= 0.6 is 0 Å². The monoisotopic (exact) mass is 462 g/mol. The second kappa shape index (κ2) is 9.89. The van der Waals surface area contributed by atoms with Crippen molar-refractivity contribution in [3.63, 3.8) is 0 Å². The minimum atomic E-state index is -3.46. The first-order chi connectivity index (χ1) is 15.8. The number of hydrogen-bond donors (Lipinski definition) is 1. The molecule has 0 bridgehead atoms. The molecule has 1 amide bonds. The van der Waals surface area contributed by atoms with Gasteiger partial charge >= 0.3 is 0 Å². The van der Waals surface area contributed by atoms with Crippen LogP contribution in [0.15, 0.2) is 77.7 Å². The highest BCUT2D eigenvalue weighted by Crippen LogP contribution is 2.25. The van der Waals surface area contributed by atoms with Gasteiger partial charge in [0.1, 0.15) is 0 Å². The Balaban J connectivity index is 1.49. The number of rotatable bonds is 6. The van der Waals surface area contributed by atoms with Crippen molar-refractivity contribution in [3.05, 3.63) is 89.5 Å². The molecule has 3 aromatic rings. The van der Waals surface area contributed by atoms with E-state index in [-0.39, 0.29) is 11.9 Å². The number of sulfonamides is 1. The molecule has 1 N–H and O–H groups in total. The van der Waals surface area contributed by atoms with E-state index in [9.17, 15) is 13.2 Å². The summed E-state index contributed by atoms with van der Waals surface area (Å²) in [6.45, 7) is 5.17. The quantitative estimate of drug-likeness (QED) is 0.539. The average molecular weight is 463 g/mol. The maximum Gasteiger partial charge on any atom is 0.251 e. The fraction of sp³-hybridized carbons (Fsp3) is 0.296. The molecule has 1 fully saturated rings. The van der Waals surface area contributed by atoms with E-state index >= 15 is 0 Å². The molecule has 1 aliphatic heterocycles.